The lowest BCUT2D eigenvalue weighted by molar-refractivity contribution is -0.114. The van der Waals surface area contributed by atoms with E-state index in [0.29, 0.717) is 11.4 Å². The molecule has 12 heteroatoms. The van der Waals surface area contributed by atoms with Crippen molar-refractivity contribution in [1.82, 2.24) is 9.97 Å². The van der Waals surface area contributed by atoms with Crippen LogP contribution < -0.4 is 14.3 Å². The Kier molecular flexibility index (Phi) is 7.50. The van der Waals surface area contributed by atoms with Crippen LogP contribution in [0.2, 0.25) is 0 Å². The number of amides is 1. The van der Waals surface area contributed by atoms with Crippen LogP contribution in [0, 0.1) is 6.92 Å². The second-order valence-corrected chi connectivity index (χ2v) is 11.5. The molecule has 0 aliphatic heterocycles. The molecule has 4 aromatic rings. The van der Waals surface area contributed by atoms with Crippen LogP contribution in [0.1, 0.15) is 5.56 Å². The van der Waals surface area contributed by atoms with Crippen molar-refractivity contribution in [2.45, 2.75) is 16.7 Å². The number of nitrogens with zero attached hydrogens (tertiary/aromatic N) is 3. The van der Waals surface area contributed by atoms with Gasteiger partial charge in [0.25, 0.3) is 20.0 Å². The molecule has 0 aliphatic rings. The normalized spacial score (nSPS) is 11.5. The first-order chi connectivity index (χ1) is 17.6. The monoisotopic (exact) mass is 537 g/mol. The third-order valence-corrected chi connectivity index (χ3v) is 8.31. The van der Waals surface area contributed by atoms with E-state index in [-0.39, 0.29) is 15.7 Å². The smallest absolute Gasteiger partial charge is 0.264 e. The number of para-hydroxylation sites is 1. The number of anilines is 3. The van der Waals surface area contributed by atoms with Crippen LogP contribution in [0.3, 0.4) is 0 Å². The molecule has 10 nitrogen and oxygen atoms in total. The number of hydrogen-bond acceptors (Lipinski definition) is 7. The zero-order chi connectivity index (χ0) is 26.5. The zero-order valence-corrected chi connectivity index (χ0v) is 21.3. The molecule has 190 valence electrons. The van der Waals surface area contributed by atoms with Gasteiger partial charge in [0.05, 0.1) is 15.5 Å². The van der Waals surface area contributed by atoms with E-state index in [1.165, 1.54) is 48.8 Å². The predicted molar refractivity (Wildman–Crippen MR) is 140 cm³/mol. The van der Waals surface area contributed by atoms with E-state index in [0.717, 1.165) is 9.87 Å². The molecular formula is C25H23N5O5S2. The van der Waals surface area contributed by atoms with Crippen LogP contribution in [0.4, 0.5) is 17.3 Å². The highest BCUT2D eigenvalue weighted by Gasteiger charge is 2.27. The quantitative estimate of drug-likeness (QED) is 0.334. The average molecular weight is 538 g/mol. The van der Waals surface area contributed by atoms with Crippen LogP contribution in [0.5, 0.6) is 0 Å². The summed E-state index contributed by atoms with van der Waals surface area (Å²) < 4.78 is 55.2. The molecule has 0 fully saturated rings. The summed E-state index contributed by atoms with van der Waals surface area (Å²) in [7, 11) is -7.98. The molecule has 0 saturated carbocycles. The van der Waals surface area contributed by atoms with E-state index in [4.69, 9.17) is 0 Å². The number of sulfonamides is 2. The highest BCUT2D eigenvalue weighted by Crippen LogP contribution is 2.24. The summed E-state index contributed by atoms with van der Waals surface area (Å²) in [5.41, 5.74) is 1.52. The number of carbonyl (C=O) groups is 1. The summed E-state index contributed by atoms with van der Waals surface area (Å²) in [6, 6.07) is 21.6. The Balaban J connectivity index is 1.51. The SMILES string of the molecule is Cc1ccc(S(=O)(=O)N(CC(=O)Nc2ccc(S(=O)(=O)Nc3ncccn3)cc2)c2ccccc2)cc1. The van der Waals surface area contributed by atoms with Gasteiger partial charge in [0.15, 0.2) is 0 Å². The van der Waals surface area contributed by atoms with E-state index in [1.807, 2.05) is 6.92 Å². The summed E-state index contributed by atoms with van der Waals surface area (Å²) in [6.07, 6.45) is 2.81. The Hall–Kier alpha value is -4.29. The Bertz CT molecular complexity index is 1580. The topological polar surface area (TPSA) is 138 Å². The van der Waals surface area contributed by atoms with Crippen molar-refractivity contribution in [3.63, 3.8) is 0 Å². The molecular weight excluding hydrogens is 514 g/mol. The maximum Gasteiger partial charge on any atom is 0.264 e. The van der Waals surface area contributed by atoms with E-state index in [2.05, 4.69) is 20.0 Å². The van der Waals surface area contributed by atoms with E-state index < -0.39 is 32.5 Å². The first-order valence-corrected chi connectivity index (χ1v) is 13.9. The van der Waals surface area contributed by atoms with Crippen LogP contribution in [0.25, 0.3) is 0 Å². The Morgan fingerprint density at radius 2 is 1.38 bits per heavy atom. The first-order valence-electron chi connectivity index (χ1n) is 11.0. The molecule has 3 aromatic carbocycles. The van der Waals surface area contributed by atoms with Crippen molar-refractivity contribution in [2.24, 2.45) is 0 Å². The van der Waals surface area contributed by atoms with Crippen molar-refractivity contribution < 1.29 is 21.6 Å². The van der Waals surface area contributed by atoms with Gasteiger partial charge < -0.3 is 5.32 Å². The Morgan fingerprint density at radius 3 is 2.00 bits per heavy atom. The van der Waals surface area contributed by atoms with Crippen molar-refractivity contribution in [1.29, 1.82) is 0 Å². The molecule has 37 heavy (non-hydrogen) atoms. The zero-order valence-electron chi connectivity index (χ0n) is 19.6. The van der Waals surface area contributed by atoms with E-state index in [9.17, 15) is 21.6 Å². The number of rotatable bonds is 9. The minimum Gasteiger partial charge on any atom is -0.325 e. The Labute approximate surface area is 215 Å². The van der Waals surface area contributed by atoms with Gasteiger partial charge in [-0.05, 0) is 61.5 Å². The van der Waals surface area contributed by atoms with Gasteiger partial charge in [0.2, 0.25) is 11.9 Å². The van der Waals surface area contributed by atoms with E-state index in [1.54, 1.807) is 48.5 Å². The largest absolute Gasteiger partial charge is 0.325 e. The first kappa shape index (κ1) is 25.8. The molecule has 0 atom stereocenters. The molecule has 2 N–H and O–H groups in total. The van der Waals surface area contributed by atoms with Gasteiger partial charge >= 0.3 is 0 Å². The highest BCUT2D eigenvalue weighted by atomic mass is 32.2. The predicted octanol–water partition coefficient (Wildman–Crippen LogP) is 3.42. The molecule has 0 saturated heterocycles. The third-order valence-electron chi connectivity index (χ3n) is 5.18. The Morgan fingerprint density at radius 1 is 0.784 bits per heavy atom. The molecule has 0 radical (unpaired) electrons. The minimum absolute atomic E-state index is 0.0548. The summed E-state index contributed by atoms with van der Waals surface area (Å²) in [4.78, 5) is 20.5. The van der Waals surface area contributed by atoms with Gasteiger partial charge in [-0.25, -0.2) is 31.5 Å². The van der Waals surface area contributed by atoms with Crippen LogP contribution in [0.15, 0.2) is 107 Å². The number of nitrogens with one attached hydrogen (secondary N) is 2. The molecule has 4 rings (SSSR count). The summed E-state index contributed by atoms with van der Waals surface area (Å²) in [5, 5.41) is 2.62. The van der Waals surface area contributed by atoms with Gasteiger partial charge in [0.1, 0.15) is 6.54 Å². The lowest BCUT2D eigenvalue weighted by atomic mass is 10.2. The number of carbonyl (C=O) groups excluding carboxylic acids is 1. The molecule has 1 aromatic heterocycles. The minimum atomic E-state index is -4.04. The molecule has 0 spiro atoms. The van der Waals surface area contributed by atoms with Crippen LogP contribution in [-0.2, 0) is 24.8 Å². The highest BCUT2D eigenvalue weighted by molar-refractivity contribution is 7.93. The maximum absolute atomic E-state index is 13.4. The molecule has 1 heterocycles. The standard InChI is InChI=1S/C25H23N5O5S2/c1-19-8-12-23(13-9-19)37(34,35)30(21-6-3-2-4-7-21)18-24(31)28-20-10-14-22(15-11-20)36(32,33)29-25-26-16-5-17-27-25/h2-17H,18H2,1H3,(H,28,31)(H,26,27,29). The summed E-state index contributed by atoms with van der Waals surface area (Å²) in [6.45, 7) is 1.36. The fourth-order valence-corrected chi connectivity index (χ4v) is 5.71. The number of hydrogen-bond donors (Lipinski definition) is 2. The van der Waals surface area contributed by atoms with Crippen LogP contribution in [-0.4, -0.2) is 39.3 Å². The van der Waals surface area contributed by atoms with Crippen molar-refractivity contribution in [2.75, 3.05) is 20.9 Å². The summed E-state index contributed by atoms with van der Waals surface area (Å²) in [5.74, 6) is -0.679. The van der Waals surface area contributed by atoms with Gasteiger partial charge in [-0.2, -0.15) is 0 Å². The lowest BCUT2D eigenvalue weighted by Gasteiger charge is -2.24. The maximum atomic E-state index is 13.4. The second-order valence-electron chi connectivity index (χ2n) is 7.91. The fourth-order valence-electron chi connectivity index (χ4n) is 3.33. The third kappa shape index (κ3) is 6.29. The fraction of sp³-hybridized carbons (Fsp3) is 0.0800. The van der Waals surface area contributed by atoms with Crippen LogP contribution >= 0.6 is 0 Å². The molecule has 1 amide bonds. The second kappa shape index (κ2) is 10.8. The van der Waals surface area contributed by atoms with Gasteiger partial charge in [-0.1, -0.05) is 35.9 Å². The number of aromatic nitrogens is 2. The molecule has 0 bridgehead atoms. The summed E-state index contributed by atoms with van der Waals surface area (Å²) >= 11 is 0. The van der Waals surface area contributed by atoms with Gasteiger partial charge in [0, 0.05) is 18.1 Å². The molecule has 0 unspecified atom stereocenters. The number of benzene rings is 3. The van der Waals surface area contributed by atoms with Crippen molar-refractivity contribution in [3.8, 4) is 0 Å². The average Bonchev–Trinajstić information content (AvgIpc) is 2.88. The van der Waals surface area contributed by atoms with E-state index >= 15 is 0 Å². The van der Waals surface area contributed by atoms with Crippen molar-refractivity contribution >= 4 is 43.3 Å². The molecule has 0 aliphatic carbocycles. The lowest BCUT2D eigenvalue weighted by Crippen LogP contribution is -2.38. The van der Waals surface area contributed by atoms with Crippen molar-refractivity contribution in [3.05, 3.63) is 103 Å². The number of aryl methyl sites for hydroxylation is 1. The van der Waals surface area contributed by atoms with Gasteiger partial charge in [-0.3, -0.25) is 9.10 Å². The van der Waals surface area contributed by atoms with Gasteiger partial charge in [-0.15, -0.1) is 0 Å².